The van der Waals surface area contributed by atoms with E-state index in [0.717, 1.165) is 0 Å². The highest BCUT2D eigenvalue weighted by Gasteiger charge is 2.12. The predicted octanol–water partition coefficient (Wildman–Crippen LogP) is 1.05. The van der Waals surface area contributed by atoms with Crippen molar-refractivity contribution in [2.75, 3.05) is 7.11 Å². The molecule has 3 N–H and O–H groups in total. The molecule has 0 fully saturated rings. The maximum absolute atomic E-state index is 11.9. The van der Waals surface area contributed by atoms with Gasteiger partial charge < -0.3 is 20.1 Å². The number of carbonyl (C=O) groups excluding carboxylic acids is 1. The third-order valence-electron chi connectivity index (χ3n) is 2.42. The van der Waals surface area contributed by atoms with Crippen molar-refractivity contribution < 1.29 is 14.6 Å². The largest absolute Gasteiger partial charge is 0.507 e. The number of imidazole rings is 1. The second kappa shape index (κ2) is 5.22. The van der Waals surface area contributed by atoms with E-state index in [-0.39, 0.29) is 23.8 Å². The van der Waals surface area contributed by atoms with Crippen molar-refractivity contribution in [2.24, 2.45) is 0 Å². The average Bonchev–Trinajstić information content (AvgIpc) is 2.89. The van der Waals surface area contributed by atoms with Crippen LogP contribution in [0.2, 0.25) is 0 Å². The number of phenols is 1. The molecule has 0 aliphatic carbocycles. The van der Waals surface area contributed by atoms with Gasteiger partial charge in [0.25, 0.3) is 5.91 Å². The van der Waals surface area contributed by atoms with Gasteiger partial charge in [0.2, 0.25) is 0 Å². The fourth-order valence-corrected chi connectivity index (χ4v) is 1.48. The van der Waals surface area contributed by atoms with Gasteiger partial charge in [0.05, 0.1) is 19.2 Å². The first-order valence-electron chi connectivity index (χ1n) is 5.34. The van der Waals surface area contributed by atoms with Crippen LogP contribution in [0, 0.1) is 0 Å². The van der Waals surface area contributed by atoms with E-state index in [1.54, 1.807) is 18.5 Å². The number of hydrogen-bond acceptors (Lipinski definition) is 4. The summed E-state index contributed by atoms with van der Waals surface area (Å²) in [6, 6.07) is 4.48. The zero-order chi connectivity index (χ0) is 13.0. The molecular formula is C12H13N3O3. The first-order valence-corrected chi connectivity index (χ1v) is 5.34. The number of hydrogen-bond donors (Lipinski definition) is 3. The molecule has 0 unspecified atom stereocenters. The number of nitrogens with zero attached hydrogens (tertiary/aromatic N) is 1. The number of aromatic amines is 1. The Morgan fingerprint density at radius 3 is 3.06 bits per heavy atom. The lowest BCUT2D eigenvalue weighted by Gasteiger charge is -2.07. The number of aromatic nitrogens is 2. The summed E-state index contributed by atoms with van der Waals surface area (Å²) >= 11 is 0. The van der Waals surface area contributed by atoms with Crippen molar-refractivity contribution in [3.8, 4) is 11.5 Å². The van der Waals surface area contributed by atoms with E-state index >= 15 is 0 Å². The monoisotopic (exact) mass is 247 g/mol. The van der Waals surface area contributed by atoms with Gasteiger partial charge in [-0.25, -0.2) is 4.98 Å². The van der Waals surface area contributed by atoms with Crippen molar-refractivity contribution in [2.45, 2.75) is 6.54 Å². The first-order chi connectivity index (χ1) is 8.70. The van der Waals surface area contributed by atoms with Crippen LogP contribution in [0.4, 0.5) is 0 Å². The molecule has 0 bridgehead atoms. The van der Waals surface area contributed by atoms with E-state index in [4.69, 9.17) is 4.74 Å². The van der Waals surface area contributed by atoms with Gasteiger partial charge in [-0.3, -0.25) is 4.79 Å². The maximum Gasteiger partial charge on any atom is 0.255 e. The second-order valence-electron chi connectivity index (χ2n) is 3.60. The molecule has 1 aromatic heterocycles. The Labute approximate surface area is 104 Å². The summed E-state index contributed by atoms with van der Waals surface area (Å²) in [7, 11) is 1.50. The van der Waals surface area contributed by atoms with Gasteiger partial charge in [0.1, 0.15) is 17.3 Å². The summed E-state index contributed by atoms with van der Waals surface area (Å²) in [6.07, 6.45) is 3.27. The normalized spacial score (nSPS) is 10.1. The van der Waals surface area contributed by atoms with Gasteiger partial charge in [0, 0.05) is 12.4 Å². The molecule has 0 saturated heterocycles. The maximum atomic E-state index is 11.9. The van der Waals surface area contributed by atoms with Gasteiger partial charge >= 0.3 is 0 Å². The van der Waals surface area contributed by atoms with Gasteiger partial charge in [0.15, 0.2) is 0 Å². The van der Waals surface area contributed by atoms with Gasteiger partial charge in [-0.2, -0.15) is 0 Å². The smallest absolute Gasteiger partial charge is 0.255 e. The number of carbonyl (C=O) groups is 1. The van der Waals surface area contributed by atoms with Gasteiger partial charge in [-0.1, -0.05) is 0 Å². The summed E-state index contributed by atoms with van der Waals surface area (Å²) in [5.41, 5.74) is 0.168. The highest BCUT2D eigenvalue weighted by atomic mass is 16.5. The second-order valence-corrected chi connectivity index (χ2v) is 3.60. The number of aromatic hydroxyl groups is 1. The fourth-order valence-electron chi connectivity index (χ4n) is 1.48. The quantitative estimate of drug-likeness (QED) is 0.753. The van der Waals surface area contributed by atoms with Crippen LogP contribution in [-0.4, -0.2) is 28.1 Å². The summed E-state index contributed by atoms with van der Waals surface area (Å²) in [6.45, 7) is 0.266. The molecular weight excluding hydrogens is 234 g/mol. The highest BCUT2D eigenvalue weighted by molar-refractivity contribution is 5.97. The number of benzene rings is 1. The highest BCUT2D eigenvalue weighted by Crippen LogP contribution is 2.22. The summed E-state index contributed by atoms with van der Waals surface area (Å²) < 4.78 is 5.00. The number of ether oxygens (including phenoxy) is 1. The number of rotatable bonds is 4. The average molecular weight is 247 g/mol. The lowest BCUT2D eigenvalue weighted by Crippen LogP contribution is -2.23. The minimum Gasteiger partial charge on any atom is -0.507 e. The Hall–Kier alpha value is -2.50. The molecule has 0 atom stereocenters. The Morgan fingerprint density at radius 2 is 2.39 bits per heavy atom. The van der Waals surface area contributed by atoms with Crippen LogP contribution in [0.3, 0.4) is 0 Å². The SMILES string of the molecule is COc1ccc(O)c(C(=O)NCc2ncc[nH]2)c1. The zero-order valence-electron chi connectivity index (χ0n) is 9.80. The zero-order valence-corrected chi connectivity index (χ0v) is 9.80. The predicted molar refractivity (Wildman–Crippen MR) is 64.4 cm³/mol. The minimum atomic E-state index is -0.386. The number of nitrogens with one attached hydrogen (secondary N) is 2. The van der Waals surface area contributed by atoms with Crippen molar-refractivity contribution in [1.29, 1.82) is 0 Å². The van der Waals surface area contributed by atoms with Crippen LogP contribution in [0.5, 0.6) is 11.5 Å². The lowest BCUT2D eigenvalue weighted by atomic mass is 10.1. The van der Waals surface area contributed by atoms with E-state index in [9.17, 15) is 9.90 Å². The van der Waals surface area contributed by atoms with Crippen molar-refractivity contribution >= 4 is 5.91 Å². The molecule has 1 heterocycles. The minimum absolute atomic E-state index is 0.0901. The topological polar surface area (TPSA) is 87.2 Å². The Morgan fingerprint density at radius 1 is 1.56 bits per heavy atom. The molecule has 2 rings (SSSR count). The Kier molecular flexibility index (Phi) is 3.47. The van der Waals surface area contributed by atoms with Gasteiger partial charge in [-0.15, -0.1) is 0 Å². The molecule has 18 heavy (non-hydrogen) atoms. The molecule has 94 valence electrons. The van der Waals surface area contributed by atoms with Crippen LogP contribution in [0.1, 0.15) is 16.2 Å². The molecule has 0 aliphatic heterocycles. The van der Waals surface area contributed by atoms with Crippen LogP contribution in [0.25, 0.3) is 0 Å². The molecule has 6 nitrogen and oxygen atoms in total. The lowest BCUT2D eigenvalue weighted by molar-refractivity contribution is 0.0947. The number of H-pyrrole nitrogens is 1. The van der Waals surface area contributed by atoms with Crippen LogP contribution in [0.15, 0.2) is 30.6 Å². The van der Waals surface area contributed by atoms with Crippen LogP contribution >= 0.6 is 0 Å². The molecule has 0 spiro atoms. The standard InChI is InChI=1S/C12H13N3O3/c1-18-8-2-3-10(16)9(6-8)12(17)15-7-11-13-4-5-14-11/h2-6,16H,7H2,1H3,(H,13,14)(H,15,17). The van der Waals surface area contributed by atoms with Crippen molar-refractivity contribution in [3.05, 3.63) is 42.0 Å². The van der Waals surface area contributed by atoms with E-state index in [1.165, 1.54) is 19.2 Å². The number of phenolic OH excluding ortho intramolecular Hbond substituents is 1. The molecule has 0 aliphatic rings. The van der Waals surface area contributed by atoms with Crippen LogP contribution < -0.4 is 10.1 Å². The summed E-state index contributed by atoms with van der Waals surface area (Å²) in [5, 5.41) is 12.3. The fraction of sp³-hybridized carbons (Fsp3) is 0.167. The van der Waals surface area contributed by atoms with E-state index < -0.39 is 0 Å². The molecule has 2 aromatic rings. The first kappa shape index (κ1) is 12.0. The van der Waals surface area contributed by atoms with Gasteiger partial charge in [-0.05, 0) is 18.2 Å². The summed E-state index contributed by atoms with van der Waals surface area (Å²) in [4.78, 5) is 18.7. The molecule has 1 amide bonds. The Bertz CT molecular complexity index is 538. The van der Waals surface area contributed by atoms with E-state index in [1.807, 2.05) is 0 Å². The van der Waals surface area contributed by atoms with E-state index in [2.05, 4.69) is 15.3 Å². The molecule has 0 radical (unpaired) electrons. The van der Waals surface area contributed by atoms with Crippen molar-refractivity contribution in [1.82, 2.24) is 15.3 Å². The van der Waals surface area contributed by atoms with Crippen LogP contribution in [-0.2, 0) is 6.54 Å². The third kappa shape index (κ3) is 2.60. The van der Waals surface area contributed by atoms with Crippen molar-refractivity contribution in [3.63, 3.8) is 0 Å². The third-order valence-corrected chi connectivity index (χ3v) is 2.42. The molecule has 0 saturated carbocycles. The number of amides is 1. The number of methoxy groups -OCH3 is 1. The molecule has 6 heteroatoms. The Balaban J connectivity index is 2.08. The molecule has 1 aromatic carbocycles. The van der Waals surface area contributed by atoms with E-state index in [0.29, 0.717) is 11.6 Å². The summed E-state index contributed by atoms with van der Waals surface area (Å²) in [5.74, 6) is 0.678.